The smallest absolute Gasteiger partial charge is 0.165 e. The van der Waals surface area contributed by atoms with Gasteiger partial charge in [0, 0.05) is 47.6 Å². The van der Waals surface area contributed by atoms with Gasteiger partial charge in [-0.2, -0.15) is 0 Å². The summed E-state index contributed by atoms with van der Waals surface area (Å²) < 4.78 is 8.85. The molecule has 0 aliphatic carbocycles. The maximum absolute atomic E-state index is 6.43. The molecule has 54 heavy (non-hydrogen) atoms. The molecule has 0 aliphatic heterocycles. The van der Waals surface area contributed by atoms with Crippen LogP contribution in [0.3, 0.4) is 0 Å². The van der Waals surface area contributed by atoms with Crippen LogP contribution in [-0.4, -0.2) is 15.0 Å². The number of rotatable bonds is 5. The highest BCUT2D eigenvalue weighted by Gasteiger charge is 2.18. The van der Waals surface area contributed by atoms with E-state index in [0.29, 0.717) is 17.5 Å². The first-order chi connectivity index (χ1) is 26.7. The fraction of sp³-hybridized carbons (Fsp3) is 0. The second kappa shape index (κ2) is 12.3. The van der Waals surface area contributed by atoms with Gasteiger partial charge in [-0.1, -0.05) is 140 Å². The first-order valence-corrected chi connectivity index (χ1v) is 18.8. The molecule has 0 atom stereocenters. The molecule has 252 valence electrons. The lowest BCUT2D eigenvalue weighted by Gasteiger charge is -2.11. The predicted molar refractivity (Wildman–Crippen MR) is 225 cm³/mol. The Labute approximate surface area is 314 Å². The molecule has 5 heteroatoms. The van der Waals surface area contributed by atoms with Gasteiger partial charge in [0.1, 0.15) is 11.2 Å². The van der Waals surface area contributed by atoms with Crippen LogP contribution in [0.25, 0.3) is 109 Å². The topological polar surface area (TPSA) is 51.8 Å². The van der Waals surface area contributed by atoms with Crippen molar-refractivity contribution >= 4 is 64.2 Å². The van der Waals surface area contributed by atoms with Crippen LogP contribution in [0.4, 0.5) is 0 Å². The van der Waals surface area contributed by atoms with Gasteiger partial charge in [0.05, 0.1) is 0 Å². The fourth-order valence-electron chi connectivity index (χ4n) is 7.67. The Morgan fingerprint density at radius 1 is 0.352 bits per heavy atom. The van der Waals surface area contributed by atoms with E-state index in [2.05, 4.69) is 170 Å². The maximum atomic E-state index is 6.43. The third-order valence-corrected chi connectivity index (χ3v) is 11.6. The molecule has 0 fully saturated rings. The summed E-state index contributed by atoms with van der Waals surface area (Å²) in [6.07, 6.45) is 0. The van der Waals surface area contributed by atoms with E-state index in [-0.39, 0.29) is 0 Å². The summed E-state index contributed by atoms with van der Waals surface area (Å²) in [4.78, 5) is 15.5. The molecule has 0 unspecified atom stereocenters. The molecule has 11 aromatic rings. The fourth-order valence-corrected chi connectivity index (χ4v) is 8.88. The van der Waals surface area contributed by atoms with E-state index in [0.717, 1.165) is 66.1 Å². The van der Waals surface area contributed by atoms with Crippen molar-refractivity contribution in [3.05, 3.63) is 176 Å². The molecular formula is C49H29N3OS. The molecule has 3 heterocycles. The summed E-state index contributed by atoms with van der Waals surface area (Å²) >= 11 is 1.78. The van der Waals surface area contributed by atoms with Gasteiger partial charge in [0.25, 0.3) is 0 Å². The van der Waals surface area contributed by atoms with E-state index in [9.17, 15) is 0 Å². The Morgan fingerprint density at radius 2 is 0.889 bits per heavy atom. The van der Waals surface area contributed by atoms with Crippen molar-refractivity contribution in [2.45, 2.75) is 0 Å². The number of thiophene rings is 1. The first-order valence-electron chi connectivity index (χ1n) is 18.0. The molecule has 4 nitrogen and oxygen atoms in total. The molecule has 8 aromatic carbocycles. The Kier molecular flexibility index (Phi) is 7.00. The number of nitrogens with zero attached hydrogens (tertiary/aromatic N) is 3. The van der Waals surface area contributed by atoms with Gasteiger partial charge < -0.3 is 4.42 Å². The highest BCUT2D eigenvalue weighted by molar-refractivity contribution is 7.26. The summed E-state index contributed by atoms with van der Waals surface area (Å²) in [6, 6.07) is 61.5. The summed E-state index contributed by atoms with van der Waals surface area (Å²) in [7, 11) is 0. The highest BCUT2D eigenvalue weighted by atomic mass is 32.1. The lowest BCUT2D eigenvalue weighted by molar-refractivity contribution is 0.669. The van der Waals surface area contributed by atoms with Gasteiger partial charge in [0.2, 0.25) is 0 Å². The minimum Gasteiger partial charge on any atom is -0.456 e. The lowest BCUT2D eigenvalue weighted by Crippen LogP contribution is -2.00. The van der Waals surface area contributed by atoms with Crippen molar-refractivity contribution in [1.29, 1.82) is 0 Å². The van der Waals surface area contributed by atoms with Crippen molar-refractivity contribution in [3.63, 3.8) is 0 Å². The predicted octanol–water partition coefficient (Wildman–Crippen LogP) is 13.6. The molecule has 11 rings (SSSR count). The van der Waals surface area contributed by atoms with E-state index in [1.165, 1.54) is 25.7 Å². The van der Waals surface area contributed by atoms with Crippen LogP contribution < -0.4 is 0 Å². The van der Waals surface area contributed by atoms with Crippen LogP contribution in [0, 0.1) is 0 Å². The Balaban J connectivity index is 1.02. The van der Waals surface area contributed by atoms with Gasteiger partial charge in [-0.3, -0.25) is 0 Å². The van der Waals surface area contributed by atoms with Gasteiger partial charge in [0.15, 0.2) is 17.5 Å². The molecule has 0 bridgehead atoms. The van der Waals surface area contributed by atoms with Gasteiger partial charge in [-0.25, -0.2) is 15.0 Å². The molecule has 0 aliphatic rings. The Bertz CT molecular complexity index is 3210. The van der Waals surface area contributed by atoms with Crippen LogP contribution >= 0.6 is 11.3 Å². The van der Waals surface area contributed by atoms with E-state index in [1.807, 2.05) is 6.07 Å². The van der Waals surface area contributed by atoms with Crippen LogP contribution in [0.5, 0.6) is 0 Å². The largest absolute Gasteiger partial charge is 0.456 e. The summed E-state index contributed by atoms with van der Waals surface area (Å²) in [5.74, 6) is 1.95. The standard InChI is InChI=1S/C49H29N3OS/c1-2-10-30(11-3-1)34-24-26-37-38-27-25-35(29-44(38)53-43(37)28-34)31-20-22-33(23-21-31)47-50-48(41-17-8-13-32-12-4-5-14-36(32)41)52-49(51-47)42-18-9-16-40-39-15-6-7-19-45(39)54-46(40)42/h1-29H. The number of aromatic nitrogens is 3. The minimum atomic E-state index is 0.634. The number of hydrogen-bond donors (Lipinski definition) is 0. The minimum absolute atomic E-state index is 0.634. The molecule has 0 N–H and O–H groups in total. The average molecular weight is 708 g/mol. The first kappa shape index (κ1) is 30.7. The Morgan fingerprint density at radius 3 is 1.67 bits per heavy atom. The molecule has 0 radical (unpaired) electrons. The monoisotopic (exact) mass is 707 g/mol. The van der Waals surface area contributed by atoms with Gasteiger partial charge in [-0.05, 0) is 69.4 Å². The number of hydrogen-bond acceptors (Lipinski definition) is 5. The zero-order chi connectivity index (χ0) is 35.6. The summed E-state index contributed by atoms with van der Waals surface area (Å²) in [6.45, 7) is 0. The molecule has 0 spiro atoms. The van der Waals surface area contributed by atoms with Crippen molar-refractivity contribution < 1.29 is 4.42 Å². The van der Waals surface area contributed by atoms with Gasteiger partial charge in [-0.15, -0.1) is 11.3 Å². The molecule has 3 aromatic heterocycles. The van der Waals surface area contributed by atoms with E-state index >= 15 is 0 Å². The van der Waals surface area contributed by atoms with Crippen molar-refractivity contribution in [2.75, 3.05) is 0 Å². The third kappa shape index (κ3) is 5.09. The second-order valence-corrected chi connectivity index (χ2v) is 14.6. The normalized spacial score (nSPS) is 11.7. The lowest BCUT2D eigenvalue weighted by atomic mass is 10.0. The summed E-state index contributed by atoms with van der Waals surface area (Å²) in [5.41, 5.74) is 9.15. The van der Waals surface area contributed by atoms with Crippen molar-refractivity contribution in [1.82, 2.24) is 15.0 Å². The van der Waals surface area contributed by atoms with Crippen molar-refractivity contribution in [3.8, 4) is 56.4 Å². The molecular weight excluding hydrogens is 679 g/mol. The quantitative estimate of drug-likeness (QED) is 0.179. The number of benzene rings is 8. The zero-order valence-corrected chi connectivity index (χ0v) is 29.7. The van der Waals surface area contributed by atoms with Crippen LogP contribution in [0.15, 0.2) is 180 Å². The van der Waals surface area contributed by atoms with Crippen LogP contribution in [0.2, 0.25) is 0 Å². The average Bonchev–Trinajstić information content (AvgIpc) is 3.81. The number of furan rings is 1. The van der Waals surface area contributed by atoms with E-state index < -0.39 is 0 Å². The van der Waals surface area contributed by atoms with E-state index in [1.54, 1.807) is 11.3 Å². The van der Waals surface area contributed by atoms with Crippen molar-refractivity contribution in [2.24, 2.45) is 0 Å². The van der Waals surface area contributed by atoms with Crippen LogP contribution in [-0.2, 0) is 0 Å². The third-order valence-electron chi connectivity index (χ3n) is 10.4. The maximum Gasteiger partial charge on any atom is 0.165 e. The second-order valence-electron chi connectivity index (χ2n) is 13.6. The van der Waals surface area contributed by atoms with Gasteiger partial charge >= 0.3 is 0 Å². The summed E-state index contributed by atoms with van der Waals surface area (Å²) in [5, 5.41) is 6.94. The molecule has 0 saturated heterocycles. The number of fused-ring (bicyclic) bond motifs is 7. The zero-order valence-electron chi connectivity index (χ0n) is 28.9. The van der Waals surface area contributed by atoms with Crippen LogP contribution in [0.1, 0.15) is 0 Å². The Hall–Kier alpha value is -6.95. The highest BCUT2D eigenvalue weighted by Crippen LogP contribution is 2.40. The molecule has 0 saturated carbocycles. The molecule has 0 amide bonds. The van der Waals surface area contributed by atoms with E-state index in [4.69, 9.17) is 19.4 Å². The SMILES string of the molecule is c1ccc(-c2ccc3c(c2)oc2cc(-c4ccc(-c5nc(-c6cccc7ccccc67)nc(-c6cccc7c6sc6ccccc67)n5)cc4)ccc23)cc1.